The number of hydrogen-bond donors (Lipinski definition) is 1. The molecule has 32 heavy (non-hydrogen) atoms. The summed E-state index contributed by atoms with van der Waals surface area (Å²) in [6.07, 6.45) is 2.49. The average Bonchev–Trinajstić information content (AvgIpc) is 2.78. The molecule has 8 nitrogen and oxygen atoms in total. The number of piperidine rings is 1. The number of anilines is 1. The first-order valence-corrected chi connectivity index (χ1v) is 11.9. The number of sulfonamides is 1. The molecule has 0 aliphatic carbocycles. The number of nitrogens with one attached hydrogen (secondary N) is 1. The first kappa shape index (κ1) is 24.0. The van der Waals surface area contributed by atoms with Crippen molar-refractivity contribution in [2.24, 2.45) is 0 Å². The van der Waals surface area contributed by atoms with Crippen molar-refractivity contribution in [2.75, 3.05) is 25.0 Å². The molecule has 1 N–H and O–H groups in total. The van der Waals surface area contributed by atoms with Crippen molar-refractivity contribution in [3.05, 3.63) is 57.6 Å². The number of ether oxygens (including phenoxy) is 1. The van der Waals surface area contributed by atoms with Gasteiger partial charge in [0.2, 0.25) is 10.0 Å². The Bertz CT molecular complexity index is 1190. The third kappa shape index (κ3) is 5.58. The standard InChI is InChI=1S/C21H19Cl2N3O5S/c22-17-7-5-14(10-19(17)32(29,30)26-8-2-1-3-9-26)21(28)31-13-20(27)25-16-6-4-15(12-24)18(23)11-16/h4-7,10-11H,1-3,8-9,13H2,(H,25,27). The smallest absolute Gasteiger partial charge is 0.338 e. The summed E-state index contributed by atoms with van der Waals surface area (Å²) in [5.41, 5.74) is 0.546. The highest BCUT2D eigenvalue weighted by molar-refractivity contribution is 7.89. The van der Waals surface area contributed by atoms with E-state index < -0.39 is 28.5 Å². The molecule has 1 heterocycles. The Morgan fingerprint density at radius 1 is 1.06 bits per heavy atom. The number of rotatable bonds is 6. The minimum atomic E-state index is -3.85. The number of benzene rings is 2. The zero-order chi connectivity index (χ0) is 23.3. The lowest BCUT2D eigenvalue weighted by molar-refractivity contribution is -0.119. The Morgan fingerprint density at radius 2 is 1.78 bits per heavy atom. The monoisotopic (exact) mass is 495 g/mol. The van der Waals surface area contributed by atoms with Crippen molar-refractivity contribution in [2.45, 2.75) is 24.2 Å². The first-order valence-electron chi connectivity index (χ1n) is 9.68. The number of carbonyl (C=O) groups is 2. The van der Waals surface area contributed by atoms with E-state index in [0.29, 0.717) is 18.8 Å². The van der Waals surface area contributed by atoms with Gasteiger partial charge in [-0.3, -0.25) is 4.79 Å². The van der Waals surface area contributed by atoms with E-state index in [4.69, 9.17) is 33.2 Å². The molecular formula is C21H19Cl2N3O5S. The van der Waals surface area contributed by atoms with Crippen molar-refractivity contribution >= 4 is 50.8 Å². The fourth-order valence-electron chi connectivity index (χ4n) is 3.17. The molecular weight excluding hydrogens is 477 g/mol. The van der Waals surface area contributed by atoms with Crippen molar-refractivity contribution in [3.63, 3.8) is 0 Å². The van der Waals surface area contributed by atoms with Crippen molar-refractivity contribution in [3.8, 4) is 6.07 Å². The van der Waals surface area contributed by atoms with E-state index in [1.54, 1.807) is 0 Å². The van der Waals surface area contributed by atoms with Crippen LogP contribution in [-0.4, -0.2) is 44.3 Å². The van der Waals surface area contributed by atoms with Crippen molar-refractivity contribution in [1.29, 1.82) is 5.26 Å². The van der Waals surface area contributed by atoms with E-state index in [1.807, 2.05) is 6.07 Å². The van der Waals surface area contributed by atoms with Gasteiger partial charge in [0, 0.05) is 18.8 Å². The molecule has 2 aromatic rings. The topological polar surface area (TPSA) is 117 Å². The van der Waals surface area contributed by atoms with Gasteiger partial charge < -0.3 is 10.1 Å². The molecule has 11 heteroatoms. The fraction of sp³-hybridized carbons (Fsp3) is 0.286. The molecule has 168 valence electrons. The minimum absolute atomic E-state index is 0.00237. The molecule has 2 aromatic carbocycles. The van der Waals surface area contributed by atoms with E-state index >= 15 is 0 Å². The third-order valence-corrected chi connectivity index (χ3v) is 7.50. The minimum Gasteiger partial charge on any atom is -0.452 e. The Morgan fingerprint density at radius 3 is 2.44 bits per heavy atom. The zero-order valence-electron chi connectivity index (χ0n) is 16.8. The number of amides is 1. The summed E-state index contributed by atoms with van der Waals surface area (Å²) in [6, 6.07) is 10.0. The van der Waals surface area contributed by atoms with Gasteiger partial charge >= 0.3 is 5.97 Å². The van der Waals surface area contributed by atoms with Crippen LogP contribution in [0.15, 0.2) is 41.3 Å². The molecule has 1 saturated heterocycles. The lowest BCUT2D eigenvalue weighted by atomic mass is 10.2. The SMILES string of the molecule is N#Cc1ccc(NC(=O)COC(=O)c2ccc(Cl)c(S(=O)(=O)N3CCCCC3)c2)cc1Cl. The van der Waals surface area contributed by atoms with Gasteiger partial charge in [0.15, 0.2) is 6.61 Å². The van der Waals surface area contributed by atoms with Gasteiger partial charge in [0.25, 0.3) is 5.91 Å². The molecule has 0 atom stereocenters. The number of hydrogen-bond acceptors (Lipinski definition) is 6. The van der Waals surface area contributed by atoms with E-state index in [-0.39, 0.29) is 26.1 Å². The molecule has 0 radical (unpaired) electrons. The molecule has 1 fully saturated rings. The number of esters is 1. The van der Waals surface area contributed by atoms with Gasteiger partial charge in [-0.2, -0.15) is 9.57 Å². The average molecular weight is 496 g/mol. The first-order chi connectivity index (χ1) is 15.2. The molecule has 0 spiro atoms. The number of nitriles is 1. The van der Waals surface area contributed by atoms with Gasteiger partial charge in [-0.25, -0.2) is 13.2 Å². The van der Waals surface area contributed by atoms with Crippen LogP contribution in [0.1, 0.15) is 35.2 Å². The Labute approximate surface area is 195 Å². The maximum Gasteiger partial charge on any atom is 0.338 e. The second kappa shape index (κ2) is 10.3. The summed E-state index contributed by atoms with van der Waals surface area (Å²) in [4.78, 5) is 24.3. The van der Waals surface area contributed by atoms with Crippen LogP contribution in [0.2, 0.25) is 10.0 Å². The lowest BCUT2D eigenvalue weighted by Gasteiger charge is -2.26. The van der Waals surface area contributed by atoms with Gasteiger partial charge in [0.1, 0.15) is 11.0 Å². The molecule has 0 unspecified atom stereocenters. The molecule has 0 aromatic heterocycles. The quantitative estimate of drug-likeness (QED) is 0.608. The summed E-state index contributed by atoms with van der Waals surface area (Å²) >= 11 is 12.0. The predicted octanol–water partition coefficient (Wildman–Crippen LogP) is 3.84. The number of halogens is 2. The van der Waals surface area contributed by atoms with Crippen LogP contribution in [-0.2, 0) is 19.6 Å². The van der Waals surface area contributed by atoms with Crippen molar-refractivity contribution < 1.29 is 22.7 Å². The Hall–Kier alpha value is -2.64. The van der Waals surface area contributed by atoms with E-state index in [9.17, 15) is 18.0 Å². The third-order valence-electron chi connectivity index (χ3n) is 4.81. The molecule has 3 rings (SSSR count). The molecule has 1 aliphatic heterocycles. The zero-order valence-corrected chi connectivity index (χ0v) is 19.1. The van der Waals surface area contributed by atoms with Gasteiger partial charge in [0.05, 0.1) is 21.2 Å². The summed E-state index contributed by atoms with van der Waals surface area (Å²) in [5, 5.41) is 11.5. The van der Waals surface area contributed by atoms with Crippen LogP contribution in [0.5, 0.6) is 0 Å². The number of carbonyl (C=O) groups excluding carboxylic acids is 2. The Balaban J connectivity index is 1.66. The highest BCUT2D eigenvalue weighted by atomic mass is 35.5. The van der Waals surface area contributed by atoms with E-state index in [2.05, 4.69) is 5.32 Å². The molecule has 1 amide bonds. The van der Waals surface area contributed by atoms with Crippen LogP contribution in [0.4, 0.5) is 5.69 Å². The van der Waals surface area contributed by atoms with Crippen LogP contribution in [0.3, 0.4) is 0 Å². The lowest BCUT2D eigenvalue weighted by Crippen LogP contribution is -2.35. The molecule has 0 saturated carbocycles. The molecule has 1 aliphatic rings. The number of nitrogens with zero attached hydrogens (tertiary/aromatic N) is 2. The summed E-state index contributed by atoms with van der Waals surface area (Å²) in [6.45, 7) is 0.188. The molecule has 0 bridgehead atoms. The second-order valence-electron chi connectivity index (χ2n) is 7.04. The van der Waals surface area contributed by atoms with E-state index in [0.717, 1.165) is 25.3 Å². The van der Waals surface area contributed by atoms with Crippen LogP contribution >= 0.6 is 23.2 Å². The van der Waals surface area contributed by atoms with Crippen molar-refractivity contribution in [1.82, 2.24) is 4.31 Å². The highest BCUT2D eigenvalue weighted by Crippen LogP contribution is 2.28. The summed E-state index contributed by atoms with van der Waals surface area (Å²) in [5.74, 6) is -1.50. The second-order valence-corrected chi connectivity index (χ2v) is 9.76. The summed E-state index contributed by atoms with van der Waals surface area (Å²) < 4.78 is 32.2. The van der Waals surface area contributed by atoms with Gasteiger partial charge in [-0.15, -0.1) is 0 Å². The maximum absolute atomic E-state index is 12.9. The van der Waals surface area contributed by atoms with Crippen LogP contribution < -0.4 is 5.32 Å². The van der Waals surface area contributed by atoms with E-state index in [1.165, 1.54) is 34.6 Å². The fourth-order valence-corrected chi connectivity index (χ4v) is 5.41. The summed E-state index contributed by atoms with van der Waals surface area (Å²) in [7, 11) is -3.85. The van der Waals surface area contributed by atoms with Crippen LogP contribution in [0, 0.1) is 11.3 Å². The van der Waals surface area contributed by atoms with Gasteiger partial charge in [-0.05, 0) is 49.2 Å². The van der Waals surface area contributed by atoms with Crippen LogP contribution in [0.25, 0.3) is 0 Å². The normalized spacial score (nSPS) is 14.4. The Kier molecular flexibility index (Phi) is 7.74. The largest absolute Gasteiger partial charge is 0.452 e. The highest BCUT2D eigenvalue weighted by Gasteiger charge is 2.29. The predicted molar refractivity (Wildman–Crippen MR) is 119 cm³/mol. The maximum atomic E-state index is 12.9. The van der Waals surface area contributed by atoms with Gasteiger partial charge in [-0.1, -0.05) is 29.6 Å².